The molecule has 4 rings (SSSR count). The van der Waals surface area contributed by atoms with Crippen LogP contribution in [0.3, 0.4) is 0 Å². The zero-order valence-corrected chi connectivity index (χ0v) is 18.1. The summed E-state index contributed by atoms with van der Waals surface area (Å²) in [6.45, 7) is 0.437. The maximum Gasteiger partial charge on any atom is 0.323 e. The van der Waals surface area contributed by atoms with E-state index in [0.29, 0.717) is 46.9 Å². The maximum atomic E-state index is 12.7. The highest BCUT2D eigenvalue weighted by molar-refractivity contribution is 6.10. The van der Waals surface area contributed by atoms with E-state index in [1.165, 1.54) is 10.8 Å². The summed E-state index contributed by atoms with van der Waals surface area (Å²) in [5, 5.41) is 21.1. The Morgan fingerprint density at radius 3 is 2.50 bits per heavy atom. The van der Waals surface area contributed by atoms with Crippen molar-refractivity contribution in [1.29, 1.82) is 0 Å². The van der Waals surface area contributed by atoms with Crippen LogP contribution >= 0.6 is 0 Å². The van der Waals surface area contributed by atoms with Gasteiger partial charge in [0.05, 0.1) is 12.2 Å². The molecule has 11 nitrogen and oxygen atoms in total. The van der Waals surface area contributed by atoms with Crippen LogP contribution in [0, 0.1) is 0 Å². The monoisotopic (exact) mass is 461 g/mol. The van der Waals surface area contributed by atoms with Crippen molar-refractivity contribution in [3.63, 3.8) is 0 Å². The molecule has 0 bridgehead atoms. The van der Waals surface area contributed by atoms with Crippen LogP contribution in [0.5, 0.6) is 5.75 Å². The van der Waals surface area contributed by atoms with Gasteiger partial charge >= 0.3 is 6.03 Å². The second-order valence-corrected chi connectivity index (χ2v) is 7.23. The minimum atomic E-state index is -0.431. The molecule has 0 spiro atoms. The van der Waals surface area contributed by atoms with Gasteiger partial charge in [-0.15, -0.1) is 0 Å². The highest BCUT2D eigenvalue weighted by Gasteiger charge is 2.15. The molecule has 0 radical (unpaired) electrons. The lowest BCUT2D eigenvalue weighted by Gasteiger charge is -2.11. The van der Waals surface area contributed by atoms with Gasteiger partial charge in [-0.25, -0.2) is 14.3 Å². The summed E-state index contributed by atoms with van der Waals surface area (Å²) in [5.74, 6) is 0.442. The molecule has 0 atom stereocenters. The van der Waals surface area contributed by atoms with Crippen molar-refractivity contribution in [3.8, 4) is 5.75 Å². The second kappa shape index (κ2) is 10.3. The van der Waals surface area contributed by atoms with E-state index in [2.05, 4.69) is 26.0 Å². The fourth-order valence-electron chi connectivity index (χ4n) is 3.21. The first kappa shape index (κ1) is 22.6. The SMILES string of the molecule is Nc1ncnn2ccc(C(=O)Nc3ccc(NC(=O)Nc4cccc(OCCCO)c4)cc3)c12. The molecule has 0 saturated heterocycles. The first-order valence-electron chi connectivity index (χ1n) is 10.4. The summed E-state index contributed by atoms with van der Waals surface area (Å²) in [5.41, 5.74) is 8.29. The zero-order chi connectivity index (χ0) is 23.9. The molecule has 0 fully saturated rings. The van der Waals surface area contributed by atoms with Gasteiger partial charge in [-0.2, -0.15) is 5.10 Å². The first-order valence-corrected chi connectivity index (χ1v) is 10.4. The minimum absolute atomic E-state index is 0.0515. The number of urea groups is 1. The lowest BCUT2D eigenvalue weighted by Crippen LogP contribution is -2.19. The summed E-state index contributed by atoms with van der Waals surface area (Å²) >= 11 is 0. The zero-order valence-electron chi connectivity index (χ0n) is 18.1. The van der Waals surface area contributed by atoms with Crippen molar-refractivity contribution in [2.45, 2.75) is 6.42 Å². The van der Waals surface area contributed by atoms with E-state index >= 15 is 0 Å². The van der Waals surface area contributed by atoms with Crippen LogP contribution in [0.2, 0.25) is 0 Å². The first-order chi connectivity index (χ1) is 16.5. The Balaban J connectivity index is 1.34. The highest BCUT2D eigenvalue weighted by Crippen LogP contribution is 2.21. The number of amides is 3. The van der Waals surface area contributed by atoms with Gasteiger partial charge in [-0.1, -0.05) is 6.07 Å². The summed E-state index contributed by atoms with van der Waals surface area (Å²) in [7, 11) is 0. The van der Waals surface area contributed by atoms with Crippen molar-refractivity contribution >= 4 is 40.3 Å². The molecule has 0 saturated carbocycles. The summed E-state index contributed by atoms with van der Waals surface area (Å²) in [4.78, 5) is 28.9. The predicted molar refractivity (Wildman–Crippen MR) is 128 cm³/mol. The van der Waals surface area contributed by atoms with E-state index in [4.69, 9.17) is 15.6 Å². The molecule has 174 valence electrons. The molecule has 0 aliphatic carbocycles. The van der Waals surface area contributed by atoms with E-state index < -0.39 is 6.03 Å². The maximum absolute atomic E-state index is 12.7. The Morgan fingerprint density at radius 2 is 1.74 bits per heavy atom. The summed E-state index contributed by atoms with van der Waals surface area (Å²) in [6, 6.07) is 14.8. The number of nitrogens with zero attached hydrogens (tertiary/aromatic N) is 3. The molecular weight excluding hydrogens is 438 g/mol. The average Bonchev–Trinajstić information content (AvgIpc) is 3.27. The normalized spacial score (nSPS) is 10.6. The number of carbonyl (C=O) groups is 2. The van der Waals surface area contributed by atoms with Crippen LogP contribution in [0.15, 0.2) is 67.1 Å². The molecule has 2 aromatic carbocycles. The van der Waals surface area contributed by atoms with Gasteiger partial charge in [0.25, 0.3) is 5.91 Å². The number of nitrogens with one attached hydrogen (secondary N) is 3. The van der Waals surface area contributed by atoms with Gasteiger partial charge in [0.15, 0.2) is 5.82 Å². The second-order valence-electron chi connectivity index (χ2n) is 7.23. The van der Waals surface area contributed by atoms with Crippen molar-refractivity contribution < 1.29 is 19.4 Å². The number of nitrogen functional groups attached to an aromatic ring is 1. The number of aliphatic hydroxyl groups is 1. The van der Waals surface area contributed by atoms with Gasteiger partial charge in [0.1, 0.15) is 17.6 Å². The number of hydrogen-bond acceptors (Lipinski definition) is 7. The number of benzene rings is 2. The Bertz CT molecular complexity index is 1300. The van der Waals surface area contributed by atoms with Crippen LogP contribution in [-0.4, -0.2) is 44.9 Å². The van der Waals surface area contributed by atoms with Crippen molar-refractivity contribution in [2.75, 3.05) is 34.9 Å². The molecule has 0 aliphatic heterocycles. The third-order valence-corrected chi connectivity index (χ3v) is 4.79. The number of hydrogen-bond donors (Lipinski definition) is 5. The highest BCUT2D eigenvalue weighted by atomic mass is 16.5. The van der Waals surface area contributed by atoms with E-state index in [9.17, 15) is 9.59 Å². The Labute approximate surface area is 194 Å². The van der Waals surface area contributed by atoms with Gasteiger partial charge in [0, 0.05) is 42.4 Å². The van der Waals surface area contributed by atoms with Gasteiger partial charge in [0.2, 0.25) is 0 Å². The molecule has 6 N–H and O–H groups in total. The van der Waals surface area contributed by atoms with Crippen LogP contribution < -0.4 is 26.4 Å². The number of rotatable bonds is 8. The smallest absolute Gasteiger partial charge is 0.323 e. The third-order valence-electron chi connectivity index (χ3n) is 4.79. The molecule has 0 aliphatic rings. The number of fused-ring (bicyclic) bond motifs is 1. The molecule has 2 aromatic heterocycles. The lowest BCUT2D eigenvalue weighted by atomic mass is 10.2. The number of aliphatic hydroxyl groups excluding tert-OH is 1. The standard InChI is InChI=1S/C23H23N7O4/c24-21-20-19(9-10-30(20)26-14-25-21)22(32)27-15-5-7-16(8-6-15)28-23(33)29-17-3-1-4-18(13-17)34-12-2-11-31/h1,3-10,13-14,31H,2,11-12H2,(H,27,32)(H2,24,25,26)(H2,28,29,33). The molecule has 4 aromatic rings. The van der Waals surface area contributed by atoms with Crippen LogP contribution in [-0.2, 0) is 0 Å². The minimum Gasteiger partial charge on any atom is -0.493 e. The fourth-order valence-corrected chi connectivity index (χ4v) is 3.21. The molecule has 3 amide bonds. The predicted octanol–water partition coefficient (Wildman–Crippen LogP) is 2.97. The van der Waals surface area contributed by atoms with Crippen LogP contribution in [0.25, 0.3) is 5.52 Å². The topological polar surface area (TPSA) is 156 Å². The number of carbonyl (C=O) groups excluding carboxylic acids is 2. The number of nitrogens with two attached hydrogens (primary N) is 1. The molecule has 0 unspecified atom stereocenters. The van der Waals surface area contributed by atoms with Gasteiger partial charge < -0.3 is 31.5 Å². The van der Waals surface area contributed by atoms with Crippen molar-refractivity contribution in [2.24, 2.45) is 0 Å². The van der Waals surface area contributed by atoms with Crippen molar-refractivity contribution in [1.82, 2.24) is 14.6 Å². The Hall–Kier alpha value is -4.64. The van der Waals surface area contributed by atoms with Crippen LogP contribution in [0.4, 0.5) is 27.7 Å². The fraction of sp³-hybridized carbons (Fsp3) is 0.130. The van der Waals surface area contributed by atoms with Crippen LogP contribution in [0.1, 0.15) is 16.8 Å². The molecular formula is C23H23N7O4. The van der Waals surface area contributed by atoms with E-state index in [0.717, 1.165) is 0 Å². The van der Waals surface area contributed by atoms with E-state index in [1.807, 2.05) is 0 Å². The molecule has 11 heteroatoms. The number of anilines is 4. The summed E-state index contributed by atoms with van der Waals surface area (Å²) < 4.78 is 6.99. The number of aromatic nitrogens is 3. The molecule has 34 heavy (non-hydrogen) atoms. The number of ether oxygens (including phenoxy) is 1. The average molecular weight is 461 g/mol. The van der Waals surface area contributed by atoms with Crippen molar-refractivity contribution in [3.05, 3.63) is 72.7 Å². The third kappa shape index (κ3) is 5.40. The summed E-state index contributed by atoms with van der Waals surface area (Å²) in [6.07, 6.45) is 3.47. The largest absolute Gasteiger partial charge is 0.493 e. The van der Waals surface area contributed by atoms with Gasteiger partial charge in [-0.05, 0) is 42.5 Å². The Kier molecular flexibility index (Phi) is 6.84. The molecule has 2 heterocycles. The van der Waals surface area contributed by atoms with Gasteiger partial charge in [-0.3, -0.25) is 4.79 Å². The lowest BCUT2D eigenvalue weighted by molar-refractivity contribution is 0.102. The van der Waals surface area contributed by atoms with E-state index in [-0.39, 0.29) is 18.3 Å². The van der Waals surface area contributed by atoms with E-state index in [1.54, 1.807) is 60.8 Å². The quantitative estimate of drug-likeness (QED) is 0.253. The Morgan fingerprint density at radius 1 is 1.00 bits per heavy atom.